The molecule has 2 aromatic carbocycles. The van der Waals surface area contributed by atoms with Gasteiger partial charge in [-0.1, -0.05) is 49.2 Å². The number of carbonyl (C=O) groups excluding carboxylic acids is 2. The first-order chi connectivity index (χ1) is 17.4. The van der Waals surface area contributed by atoms with Gasteiger partial charge in [-0.3, -0.25) is 13.9 Å². The van der Waals surface area contributed by atoms with Crippen LogP contribution in [0.1, 0.15) is 56.2 Å². The maximum Gasteiger partial charge on any atom is 0.242 e. The van der Waals surface area contributed by atoms with E-state index in [1.54, 1.807) is 23.1 Å². The van der Waals surface area contributed by atoms with Crippen molar-refractivity contribution in [1.82, 2.24) is 10.2 Å². The van der Waals surface area contributed by atoms with Crippen LogP contribution in [0.4, 0.5) is 5.69 Å². The molecule has 0 aliphatic heterocycles. The molecule has 204 valence electrons. The van der Waals surface area contributed by atoms with Crippen molar-refractivity contribution in [2.45, 2.75) is 66.0 Å². The highest BCUT2D eigenvalue weighted by molar-refractivity contribution is 7.92. The average molecular weight is 571 g/mol. The molecule has 0 radical (unpaired) electrons. The third-order valence-electron chi connectivity index (χ3n) is 5.92. The lowest BCUT2D eigenvalue weighted by Gasteiger charge is -2.31. The van der Waals surface area contributed by atoms with E-state index >= 15 is 0 Å². The Morgan fingerprint density at radius 3 is 2.19 bits per heavy atom. The van der Waals surface area contributed by atoms with Gasteiger partial charge in [0.1, 0.15) is 6.04 Å². The van der Waals surface area contributed by atoms with Crippen LogP contribution in [0.2, 0.25) is 10.0 Å². The zero-order valence-corrected chi connectivity index (χ0v) is 24.5. The van der Waals surface area contributed by atoms with E-state index in [0.29, 0.717) is 35.1 Å². The molecule has 0 saturated heterocycles. The number of hydrogen-bond donors (Lipinski definition) is 1. The summed E-state index contributed by atoms with van der Waals surface area (Å²) < 4.78 is 26.5. The van der Waals surface area contributed by atoms with Gasteiger partial charge in [0.05, 0.1) is 22.0 Å². The maximum atomic E-state index is 13.5. The normalized spacial score (nSPS) is 12.2. The number of amides is 2. The Morgan fingerprint density at radius 1 is 1.00 bits per heavy atom. The second kappa shape index (κ2) is 14.0. The van der Waals surface area contributed by atoms with Crippen molar-refractivity contribution in [3.05, 3.63) is 63.1 Å². The van der Waals surface area contributed by atoms with Gasteiger partial charge < -0.3 is 10.2 Å². The predicted octanol–water partition coefficient (Wildman–Crippen LogP) is 5.49. The average Bonchev–Trinajstić information content (AvgIpc) is 2.80. The van der Waals surface area contributed by atoms with Crippen LogP contribution in [0.25, 0.3) is 0 Å². The molecule has 2 aromatic rings. The molecule has 1 atom stereocenters. The molecule has 37 heavy (non-hydrogen) atoms. The lowest BCUT2D eigenvalue weighted by Crippen LogP contribution is -2.49. The summed E-state index contributed by atoms with van der Waals surface area (Å²) in [6, 6.07) is 10.1. The molecule has 0 spiro atoms. The predicted molar refractivity (Wildman–Crippen MR) is 152 cm³/mol. The molecule has 1 N–H and O–H groups in total. The van der Waals surface area contributed by atoms with Crippen molar-refractivity contribution in [3.8, 4) is 0 Å². The molecule has 2 rings (SSSR count). The Bertz CT molecular complexity index is 1180. The van der Waals surface area contributed by atoms with Crippen LogP contribution in [0.3, 0.4) is 0 Å². The highest BCUT2D eigenvalue weighted by Crippen LogP contribution is 2.25. The summed E-state index contributed by atoms with van der Waals surface area (Å²) in [7, 11) is -3.55. The highest BCUT2D eigenvalue weighted by Gasteiger charge is 2.29. The molecule has 10 heteroatoms. The molecule has 1 unspecified atom stereocenters. The van der Waals surface area contributed by atoms with Gasteiger partial charge >= 0.3 is 0 Å². The molecular weight excluding hydrogens is 533 g/mol. The molecule has 0 fully saturated rings. The van der Waals surface area contributed by atoms with Gasteiger partial charge in [0.2, 0.25) is 21.8 Å². The smallest absolute Gasteiger partial charge is 0.242 e. The van der Waals surface area contributed by atoms with Crippen molar-refractivity contribution in [1.29, 1.82) is 0 Å². The van der Waals surface area contributed by atoms with Crippen LogP contribution in [0.15, 0.2) is 36.4 Å². The zero-order valence-electron chi connectivity index (χ0n) is 22.2. The Morgan fingerprint density at radius 2 is 1.65 bits per heavy atom. The van der Waals surface area contributed by atoms with Crippen molar-refractivity contribution < 1.29 is 18.0 Å². The number of nitrogens with zero attached hydrogens (tertiary/aromatic N) is 2. The monoisotopic (exact) mass is 569 g/mol. The van der Waals surface area contributed by atoms with E-state index in [4.69, 9.17) is 23.2 Å². The topological polar surface area (TPSA) is 86.8 Å². The van der Waals surface area contributed by atoms with E-state index in [9.17, 15) is 18.0 Å². The minimum Gasteiger partial charge on any atom is -0.354 e. The first-order valence-corrected chi connectivity index (χ1v) is 15.0. The standard InChI is InChI=1S/C27H37Cl2N3O4S/c1-6-12-30-27(34)25(7-2)31(18-21-10-11-23(28)24(29)17-21)26(33)9-8-13-32(37(5,35)36)22-15-19(3)14-20(4)16-22/h10-11,14-17,25H,6-9,12-13,18H2,1-5H3,(H,30,34). The van der Waals surface area contributed by atoms with Gasteiger partial charge in [-0.25, -0.2) is 8.42 Å². The van der Waals surface area contributed by atoms with Gasteiger partial charge in [0.15, 0.2) is 0 Å². The first-order valence-electron chi connectivity index (χ1n) is 12.4. The number of nitrogens with one attached hydrogen (secondary N) is 1. The molecular formula is C27H37Cl2N3O4S. The fraction of sp³-hybridized carbons (Fsp3) is 0.481. The number of carbonyl (C=O) groups is 2. The zero-order chi connectivity index (χ0) is 27.8. The molecule has 0 aromatic heterocycles. The van der Waals surface area contributed by atoms with Crippen molar-refractivity contribution in [3.63, 3.8) is 0 Å². The second-order valence-electron chi connectivity index (χ2n) is 9.27. The molecule has 0 aliphatic carbocycles. The Balaban J connectivity index is 2.25. The first kappa shape index (κ1) is 30.9. The van der Waals surface area contributed by atoms with Crippen molar-refractivity contribution in [2.24, 2.45) is 0 Å². The van der Waals surface area contributed by atoms with E-state index < -0.39 is 16.1 Å². The molecule has 0 saturated carbocycles. The molecule has 0 heterocycles. The van der Waals surface area contributed by atoms with E-state index in [2.05, 4.69) is 5.32 Å². The van der Waals surface area contributed by atoms with Crippen LogP contribution in [-0.2, 0) is 26.2 Å². The van der Waals surface area contributed by atoms with E-state index in [-0.39, 0.29) is 31.3 Å². The minimum absolute atomic E-state index is 0.0791. The lowest BCUT2D eigenvalue weighted by molar-refractivity contribution is -0.141. The fourth-order valence-corrected chi connectivity index (χ4v) is 5.49. The summed E-state index contributed by atoms with van der Waals surface area (Å²) in [6.07, 6.45) is 2.75. The lowest BCUT2D eigenvalue weighted by atomic mass is 10.1. The summed E-state index contributed by atoms with van der Waals surface area (Å²) in [5, 5.41) is 3.66. The second-order valence-corrected chi connectivity index (χ2v) is 12.0. The number of hydrogen-bond acceptors (Lipinski definition) is 4. The SMILES string of the molecule is CCCNC(=O)C(CC)N(Cc1ccc(Cl)c(Cl)c1)C(=O)CCCN(c1cc(C)cc(C)c1)S(C)(=O)=O. The van der Waals surface area contributed by atoms with Gasteiger partial charge in [-0.2, -0.15) is 0 Å². The number of halogens is 2. The van der Waals surface area contributed by atoms with Crippen molar-refractivity contribution >= 4 is 50.7 Å². The number of anilines is 1. The van der Waals surface area contributed by atoms with Crippen LogP contribution >= 0.6 is 23.2 Å². The van der Waals surface area contributed by atoms with Crippen LogP contribution in [0, 0.1) is 13.8 Å². The highest BCUT2D eigenvalue weighted by atomic mass is 35.5. The number of benzene rings is 2. The number of sulfonamides is 1. The fourth-order valence-electron chi connectivity index (χ4n) is 4.22. The summed E-state index contributed by atoms with van der Waals surface area (Å²) in [5.74, 6) is -0.454. The summed E-state index contributed by atoms with van der Waals surface area (Å²) in [4.78, 5) is 27.9. The summed E-state index contributed by atoms with van der Waals surface area (Å²) >= 11 is 12.2. The Labute approximate surface area is 231 Å². The van der Waals surface area contributed by atoms with Gasteiger partial charge in [0, 0.05) is 26.1 Å². The number of rotatable bonds is 13. The van der Waals surface area contributed by atoms with Gasteiger partial charge in [-0.05, 0) is 74.1 Å². The van der Waals surface area contributed by atoms with Crippen molar-refractivity contribution in [2.75, 3.05) is 23.7 Å². The van der Waals surface area contributed by atoms with E-state index in [0.717, 1.165) is 29.4 Å². The number of aryl methyl sites for hydroxylation is 2. The Kier molecular flexibility index (Phi) is 11.7. The third-order valence-corrected chi connectivity index (χ3v) is 7.85. The quantitative estimate of drug-likeness (QED) is 0.345. The largest absolute Gasteiger partial charge is 0.354 e. The van der Waals surface area contributed by atoms with Crippen LogP contribution < -0.4 is 9.62 Å². The summed E-state index contributed by atoms with van der Waals surface area (Å²) in [6.45, 7) is 8.49. The maximum absolute atomic E-state index is 13.5. The van der Waals surface area contributed by atoms with Crippen LogP contribution in [0.5, 0.6) is 0 Å². The van der Waals surface area contributed by atoms with Gasteiger partial charge in [0.25, 0.3) is 0 Å². The Hall–Kier alpha value is -2.29. The molecule has 7 nitrogen and oxygen atoms in total. The molecule has 0 aliphatic rings. The molecule has 2 amide bonds. The van der Waals surface area contributed by atoms with Crippen LogP contribution in [-0.4, -0.2) is 50.5 Å². The van der Waals surface area contributed by atoms with Gasteiger partial charge in [-0.15, -0.1) is 0 Å². The minimum atomic E-state index is -3.55. The van der Waals surface area contributed by atoms with E-state index in [1.807, 2.05) is 45.9 Å². The summed E-state index contributed by atoms with van der Waals surface area (Å²) in [5.41, 5.74) is 3.23. The molecule has 0 bridgehead atoms. The third kappa shape index (κ3) is 9.20. The van der Waals surface area contributed by atoms with E-state index in [1.165, 1.54) is 4.31 Å².